The van der Waals surface area contributed by atoms with E-state index in [1.165, 1.54) is 54.8 Å². The van der Waals surface area contributed by atoms with Gasteiger partial charge in [0.1, 0.15) is 5.58 Å². The van der Waals surface area contributed by atoms with E-state index in [0.29, 0.717) is 23.1 Å². The lowest BCUT2D eigenvalue weighted by atomic mass is 10.00. The van der Waals surface area contributed by atoms with Gasteiger partial charge < -0.3 is 8.98 Å². The SMILES string of the molecule is c1ccc(-c2ccc3cc(-c4nc(-c5ccc(-c6ccc(-n7c8cc(-c9ccccc9)ccc8c8ccc9ccccc9c87)cc6)cc5)nc(-c5cccc6oc7cnccc7c56)n4)ccc3c2)cc1. The molecule has 0 N–H and O–H groups in total. The Balaban J connectivity index is 0.860. The highest BCUT2D eigenvalue weighted by atomic mass is 16.3. The maximum atomic E-state index is 6.26. The van der Waals surface area contributed by atoms with Crippen molar-refractivity contribution in [3.05, 3.63) is 237 Å². The first-order valence-electron chi connectivity index (χ1n) is 23.5. The van der Waals surface area contributed by atoms with E-state index in [1.54, 1.807) is 12.4 Å². The van der Waals surface area contributed by atoms with Gasteiger partial charge in [-0.25, -0.2) is 15.0 Å². The van der Waals surface area contributed by atoms with Crippen LogP contribution in [0, 0.1) is 0 Å². The minimum absolute atomic E-state index is 0.568. The van der Waals surface area contributed by atoms with E-state index in [1.807, 2.05) is 24.3 Å². The number of benzene rings is 10. The number of rotatable bonds is 7. The van der Waals surface area contributed by atoms with Gasteiger partial charge in [-0.3, -0.25) is 4.98 Å². The second kappa shape index (κ2) is 16.1. The van der Waals surface area contributed by atoms with Crippen molar-refractivity contribution in [3.8, 4) is 73.2 Å². The molecule has 10 aromatic carbocycles. The maximum Gasteiger partial charge on any atom is 0.164 e. The largest absolute Gasteiger partial charge is 0.454 e. The molecule has 0 spiro atoms. The van der Waals surface area contributed by atoms with Gasteiger partial charge in [0.2, 0.25) is 0 Å². The summed E-state index contributed by atoms with van der Waals surface area (Å²) in [7, 11) is 0. The molecule has 0 saturated carbocycles. The zero-order valence-electron chi connectivity index (χ0n) is 37.7. The van der Waals surface area contributed by atoms with Crippen molar-refractivity contribution < 1.29 is 4.42 Å². The minimum Gasteiger partial charge on any atom is -0.454 e. The third-order valence-electron chi connectivity index (χ3n) is 13.7. The normalized spacial score (nSPS) is 11.7. The van der Waals surface area contributed by atoms with E-state index >= 15 is 0 Å². The number of aromatic nitrogens is 5. The van der Waals surface area contributed by atoms with Gasteiger partial charge in [-0.05, 0) is 92.0 Å². The molecule has 14 aromatic rings. The maximum absolute atomic E-state index is 6.26. The van der Waals surface area contributed by atoms with Crippen molar-refractivity contribution in [2.45, 2.75) is 0 Å². The van der Waals surface area contributed by atoms with Gasteiger partial charge in [0.25, 0.3) is 0 Å². The third-order valence-corrected chi connectivity index (χ3v) is 13.7. The van der Waals surface area contributed by atoms with Crippen molar-refractivity contribution >= 4 is 65.3 Å². The molecule has 6 heteroatoms. The van der Waals surface area contributed by atoms with Crippen LogP contribution in [0.2, 0.25) is 0 Å². The second-order valence-electron chi connectivity index (χ2n) is 17.8. The number of fused-ring (bicyclic) bond motifs is 9. The molecule has 4 aromatic heterocycles. The molecule has 4 heterocycles. The quantitative estimate of drug-likeness (QED) is 0.159. The lowest BCUT2D eigenvalue weighted by molar-refractivity contribution is 0.667. The van der Waals surface area contributed by atoms with E-state index in [0.717, 1.165) is 60.6 Å². The van der Waals surface area contributed by atoms with Gasteiger partial charge in [0.05, 0.1) is 17.2 Å². The first kappa shape index (κ1) is 39.6. The molecule has 6 nitrogen and oxygen atoms in total. The number of hydrogen-bond acceptors (Lipinski definition) is 5. The predicted octanol–water partition coefficient (Wildman–Crippen LogP) is 16.6. The molecule has 0 fully saturated rings. The number of hydrogen-bond donors (Lipinski definition) is 0. The molecule has 0 unspecified atom stereocenters. The summed E-state index contributed by atoms with van der Waals surface area (Å²) in [5.41, 5.74) is 14.6. The topological polar surface area (TPSA) is 69.6 Å². The Morgan fingerprint density at radius 3 is 1.69 bits per heavy atom. The molecule has 0 amide bonds. The Bertz CT molecular complexity index is 4330. The smallest absolute Gasteiger partial charge is 0.164 e. The van der Waals surface area contributed by atoms with Crippen molar-refractivity contribution in [2.75, 3.05) is 0 Å². The summed E-state index contributed by atoms with van der Waals surface area (Å²) in [5, 5.41) is 9.07. The summed E-state index contributed by atoms with van der Waals surface area (Å²) < 4.78 is 8.69. The lowest BCUT2D eigenvalue weighted by Crippen LogP contribution is -2.00. The summed E-state index contributed by atoms with van der Waals surface area (Å²) in [6.07, 6.45) is 3.55. The number of nitrogens with zero attached hydrogens (tertiary/aromatic N) is 5. The van der Waals surface area contributed by atoms with Crippen LogP contribution in [0.5, 0.6) is 0 Å². The summed E-state index contributed by atoms with van der Waals surface area (Å²) >= 11 is 0. The molecule has 0 atom stereocenters. The number of furan rings is 1. The first-order chi connectivity index (χ1) is 34.7. The molecule has 70 heavy (non-hydrogen) atoms. The summed E-state index contributed by atoms with van der Waals surface area (Å²) in [6.45, 7) is 0. The highest BCUT2D eigenvalue weighted by Gasteiger charge is 2.20. The monoisotopic (exact) mass is 893 g/mol. The van der Waals surface area contributed by atoms with Crippen LogP contribution in [0.25, 0.3) is 139 Å². The molecular formula is C64H39N5O. The fourth-order valence-electron chi connectivity index (χ4n) is 10.3. The van der Waals surface area contributed by atoms with Crippen LogP contribution in [0.4, 0.5) is 0 Å². The van der Waals surface area contributed by atoms with Gasteiger partial charge in [-0.1, -0.05) is 182 Å². The van der Waals surface area contributed by atoms with Crippen molar-refractivity contribution in [1.82, 2.24) is 24.5 Å². The van der Waals surface area contributed by atoms with E-state index in [-0.39, 0.29) is 0 Å². The van der Waals surface area contributed by atoms with Gasteiger partial charge in [-0.2, -0.15) is 0 Å². The Hall–Kier alpha value is -9.52. The van der Waals surface area contributed by atoms with E-state index in [4.69, 9.17) is 19.4 Å². The van der Waals surface area contributed by atoms with Gasteiger partial charge in [0.15, 0.2) is 23.1 Å². The Morgan fingerprint density at radius 2 is 0.914 bits per heavy atom. The van der Waals surface area contributed by atoms with Crippen molar-refractivity contribution in [1.29, 1.82) is 0 Å². The van der Waals surface area contributed by atoms with Crippen LogP contribution in [0.3, 0.4) is 0 Å². The average molecular weight is 894 g/mol. The highest BCUT2D eigenvalue weighted by molar-refractivity contribution is 6.19. The molecule has 0 aliphatic carbocycles. The Labute approximate surface area is 402 Å². The van der Waals surface area contributed by atoms with Gasteiger partial charge in [-0.15, -0.1) is 0 Å². The fraction of sp³-hybridized carbons (Fsp3) is 0. The molecule has 326 valence electrons. The molecule has 0 aliphatic rings. The van der Waals surface area contributed by atoms with Crippen LogP contribution in [-0.2, 0) is 0 Å². The van der Waals surface area contributed by atoms with E-state index in [2.05, 4.69) is 210 Å². The minimum atomic E-state index is 0.568. The third kappa shape index (κ3) is 6.65. The molecule has 14 rings (SSSR count). The van der Waals surface area contributed by atoms with Crippen LogP contribution in [0.1, 0.15) is 0 Å². The zero-order valence-corrected chi connectivity index (χ0v) is 37.7. The molecule has 0 bridgehead atoms. The van der Waals surface area contributed by atoms with Gasteiger partial charge >= 0.3 is 0 Å². The van der Waals surface area contributed by atoms with Crippen molar-refractivity contribution in [3.63, 3.8) is 0 Å². The predicted molar refractivity (Wildman–Crippen MR) is 287 cm³/mol. The lowest BCUT2D eigenvalue weighted by Gasteiger charge is -2.12. The first-order valence-corrected chi connectivity index (χ1v) is 23.5. The highest BCUT2D eigenvalue weighted by Crippen LogP contribution is 2.40. The number of pyridine rings is 1. The van der Waals surface area contributed by atoms with Crippen molar-refractivity contribution in [2.24, 2.45) is 0 Å². The summed E-state index contributed by atoms with van der Waals surface area (Å²) in [5.74, 6) is 1.74. The van der Waals surface area contributed by atoms with Crippen LogP contribution in [0.15, 0.2) is 241 Å². The van der Waals surface area contributed by atoms with E-state index in [9.17, 15) is 0 Å². The van der Waals surface area contributed by atoms with E-state index < -0.39 is 0 Å². The molecule has 0 saturated heterocycles. The average Bonchev–Trinajstić information content (AvgIpc) is 3.99. The zero-order chi connectivity index (χ0) is 46.1. The van der Waals surface area contributed by atoms with Crippen LogP contribution >= 0.6 is 0 Å². The summed E-state index contributed by atoms with van der Waals surface area (Å²) in [4.78, 5) is 19.9. The van der Waals surface area contributed by atoms with Crippen LogP contribution in [-0.4, -0.2) is 24.5 Å². The Morgan fingerprint density at radius 1 is 0.343 bits per heavy atom. The molecule has 0 radical (unpaired) electrons. The van der Waals surface area contributed by atoms with Crippen LogP contribution < -0.4 is 0 Å². The Kier molecular flexibility index (Phi) is 9.10. The molecular weight excluding hydrogens is 855 g/mol. The standard InChI is InChI=1S/C64H39N5O/c1-3-10-40(11-4-1)46-22-23-48-37-50(25-24-47(48)36-46)63-66-62(67-64(68-63)56-16-9-17-58-60(56)55-34-35-65-39-59(55)70-58)45-20-18-42(19-21-45)43-26-30-51(31-27-43)69-57-38-49(41-12-5-2-6-13-41)29-32-53(57)54-33-28-44-14-7-8-15-52(44)61(54)69/h1-39H. The fourth-order valence-corrected chi connectivity index (χ4v) is 10.3. The second-order valence-corrected chi connectivity index (χ2v) is 17.8. The molecule has 0 aliphatic heterocycles. The summed E-state index contributed by atoms with van der Waals surface area (Å²) in [6, 6.07) is 79.6. The van der Waals surface area contributed by atoms with Gasteiger partial charge in [0, 0.05) is 55.5 Å².